The molecule has 3 N–H and O–H groups in total. The number of primary amides is 1. The Hall–Kier alpha value is -3.29. The Balaban J connectivity index is 1.89. The van der Waals surface area contributed by atoms with Gasteiger partial charge in [0.25, 0.3) is 0 Å². The fraction of sp³-hybridized carbons (Fsp3) is 0.421. The van der Waals surface area contributed by atoms with Crippen molar-refractivity contribution < 1.29 is 27.2 Å². The van der Waals surface area contributed by atoms with Crippen molar-refractivity contribution in [3.05, 3.63) is 41.3 Å². The second-order valence-corrected chi connectivity index (χ2v) is 7.18. The number of carbonyl (C=O) groups excluding carboxylic acids is 2. The molecule has 2 unspecified atom stereocenters. The molecule has 0 radical (unpaired) electrons. The zero-order valence-corrected chi connectivity index (χ0v) is 15.9. The maximum Gasteiger partial charge on any atom is 0.408 e. The monoisotopic (exact) mass is 425 g/mol. The van der Waals surface area contributed by atoms with Gasteiger partial charge in [0.1, 0.15) is 23.6 Å². The minimum atomic E-state index is -4.60. The van der Waals surface area contributed by atoms with Crippen molar-refractivity contribution in [2.45, 2.75) is 25.2 Å². The smallest absolute Gasteiger partial charge is 0.369 e. The Labute approximate surface area is 169 Å². The lowest BCUT2D eigenvalue weighted by Gasteiger charge is -2.40. The zero-order chi connectivity index (χ0) is 22.2. The SMILES string of the molecule is C[C@H](NC(=O)N1CCN2C(C#N)=C(c3cccc(F)c3)C(C(N)=O)C2C1)C(F)(F)F. The van der Waals surface area contributed by atoms with Crippen molar-refractivity contribution in [2.75, 3.05) is 19.6 Å². The molecule has 0 aromatic heterocycles. The minimum Gasteiger partial charge on any atom is -0.369 e. The van der Waals surface area contributed by atoms with Crippen LogP contribution in [0.15, 0.2) is 30.0 Å². The number of halogens is 4. The lowest BCUT2D eigenvalue weighted by molar-refractivity contribution is -0.149. The highest BCUT2D eigenvalue weighted by molar-refractivity contribution is 5.95. The third-order valence-corrected chi connectivity index (χ3v) is 5.32. The first kappa shape index (κ1) is 21.4. The second kappa shape index (κ2) is 7.85. The molecule has 0 aliphatic carbocycles. The highest BCUT2D eigenvalue weighted by Gasteiger charge is 2.48. The van der Waals surface area contributed by atoms with Crippen molar-refractivity contribution in [2.24, 2.45) is 11.7 Å². The van der Waals surface area contributed by atoms with E-state index in [9.17, 15) is 32.4 Å². The summed E-state index contributed by atoms with van der Waals surface area (Å²) < 4.78 is 52.0. The predicted octanol–water partition coefficient (Wildman–Crippen LogP) is 1.82. The third kappa shape index (κ3) is 3.90. The minimum absolute atomic E-state index is 0.0417. The number of amides is 3. The van der Waals surface area contributed by atoms with E-state index < -0.39 is 41.9 Å². The number of urea groups is 1. The predicted molar refractivity (Wildman–Crippen MR) is 97.7 cm³/mol. The Morgan fingerprint density at radius 3 is 2.60 bits per heavy atom. The summed E-state index contributed by atoms with van der Waals surface area (Å²) in [6, 6.07) is 3.67. The summed E-state index contributed by atoms with van der Waals surface area (Å²) >= 11 is 0. The maximum absolute atomic E-state index is 13.7. The second-order valence-electron chi connectivity index (χ2n) is 7.18. The molecule has 3 atom stereocenters. The van der Waals surface area contributed by atoms with E-state index >= 15 is 0 Å². The van der Waals surface area contributed by atoms with Gasteiger partial charge in [-0.25, -0.2) is 9.18 Å². The molecule has 2 aliphatic rings. The molecule has 1 aromatic rings. The Morgan fingerprint density at radius 1 is 1.33 bits per heavy atom. The first-order valence-electron chi connectivity index (χ1n) is 9.13. The number of allylic oxidation sites excluding steroid dienone is 1. The van der Waals surface area contributed by atoms with Crippen LogP contribution in [0.2, 0.25) is 0 Å². The van der Waals surface area contributed by atoms with Crippen molar-refractivity contribution in [1.29, 1.82) is 5.26 Å². The summed E-state index contributed by atoms with van der Waals surface area (Å²) in [5.41, 5.74) is 6.28. The van der Waals surface area contributed by atoms with Crippen LogP contribution in [0.4, 0.5) is 22.4 Å². The molecule has 11 heteroatoms. The van der Waals surface area contributed by atoms with Gasteiger partial charge in [-0.2, -0.15) is 18.4 Å². The summed E-state index contributed by atoms with van der Waals surface area (Å²) in [4.78, 5) is 27.3. The highest BCUT2D eigenvalue weighted by Crippen LogP contribution is 2.41. The molecule has 3 amide bonds. The molecule has 7 nitrogen and oxygen atoms in total. The zero-order valence-electron chi connectivity index (χ0n) is 15.9. The van der Waals surface area contributed by atoms with Crippen molar-refractivity contribution in [1.82, 2.24) is 15.1 Å². The van der Waals surface area contributed by atoms with Crippen molar-refractivity contribution in [3.63, 3.8) is 0 Å². The van der Waals surface area contributed by atoms with Gasteiger partial charge >= 0.3 is 12.2 Å². The van der Waals surface area contributed by atoms with Crippen LogP contribution in [0.1, 0.15) is 12.5 Å². The average Bonchev–Trinajstić information content (AvgIpc) is 3.00. The third-order valence-electron chi connectivity index (χ3n) is 5.32. The van der Waals surface area contributed by atoms with E-state index in [1.54, 1.807) is 11.0 Å². The summed E-state index contributed by atoms with van der Waals surface area (Å²) in [6.45, 7) is 0.866. The van der Waals surface area contributed by atoms with E-state index in [0.29, 0.717) is 5.56 Å². The summed E-state index contributed by atoms with van der Waals surface area (Å²) in [5.74, 6) is -2.37. The van der Waals surface area contributed by atoms with Crippen molar-refractivity contribution in [3.8, 4) is 6.07 Å². The van der Waals surface area contributed by atoms with Crippen LogP contribution >= 0.6 is 0 Å². The number of piperazine rings is 1. The number of rotatable bonds is 3. The first-order chi connectivity index (χ1) is 14.0. The highest BCUT2D eigenvalue weighted by atomic mass is 19.4. The first-order valence-corrected chi connectivity index (χ1v) is 9.13. The number of benzene rings is 1. The molecule has 3 rings (SSSR count). The topological polar surface area (TPSA) is 102 Å². The molecule has 30 heavy (non-hydrogen) atoms. The van der Waals surface area contributed by atoms with Gasteiger partial charge in [-0.3, -0.25) is 4.79 Å². The Kier molecular flexibility index (Phi) is 5.61. The number of nitrogens with two attached hydrogens (primary N) is 1. The normalized spacial score (nSPS) is 22.4. The van der Waals surface area contributed by atoms with E-state index in [1.807, 2.05) is 11.4 Å². The Morgan fingerprint density at radius 2 is 2.03 bits per heavy atom. The average molecular weight is 425 g/mol. The molecular formula is C19H19F4N5O2. The molecule has 1 fully saturated rings. The molecule has 0 saturated carbocycles. The number of hydrogen-bond acceptors (Lipinski definition) is 4. The molecule has 1 aromatic carbocycles. The number of carbonyl (C=O) groups is 2. The largest absolute Gasteiger partial charge is 0.408 e. The van der Waals surface area contributed by atoms with Crippen LogP contribution in [-0.4, -0.2) is 59.6 Å². The van der Waals surface area contributed by atoms with E-state index in [0.717, 1.165) is 11.8 Å². The van der Waals surface area contributed by atoms with Crippen LogP contribution < -0.4 is 11.1 Å². The van der Waals surface area contributed by atoms with E-state index in [2.05, 4.69) is 0 Å². The maximum atomic E-state index is 13.7. The van der Waals surface area contributed by atoms with Crippen LogP contribution in [0.25, 0.3) is 5.57 Å². The number of fused-ring (bicyclic) bond motifs is 1. The number of hydrogen-bond donors (Lipinski definition) is 2. The van der Waals surface area contributed by atoms with Gasteiger partial charge in [-0.05, 0) is 24.6 Å². The summed E-state index contributed by atoms with van der Waals surface area (Å²) in [5, 5.41) is 11.6. The molecule has 1 saturated heterocycles. The Bertz CT molecular complexity index is 940. The van der Waals surface area contributed by atoms with Crippen LogP contribution in [0.3, 0.4) is 0 Å². The number of nitrogens with zero attached hydrogens (tertiary/aromatic N) is 3. The standard InChI is InChI=1S/C19H19F4N5O2/c1-10(19(21,22)23)26-18(30)27-5-6-28-13(8-24)15(11-3-2-4-12(20)7-11)16(17(25)29)14(28)9-27/h2-4,7,10,14,16H,5-6,9H2,1H3,(H2,25,29)(H,26,30)/t10-,14?,16?/m0/s1. The molecule has 2 heterocycles. The van der Waals surface area contributed by atoms with E-state index in [4.69, 9.17) is 5.73 Å². The van der Waals surface area contributed by atoms with Crippen LogP contribution in [0.5, 0.6) is 0 Å². The van der Waals surface area contributed by atoms with Crippen molar-refractivity contribution >= 4 is 17.5 Å². The van der Waals surface area contributed by atoms with E-state index in [1.165, 1.54) is 18.2 Å². The summed E-state index contributed by atoms with van der Waals surface area (Å²) in [6.07, 6.45) is -4.60. The molecule has 0 spiro atoms. The van der Waals surface area contributed by atoms with Crippen LogP contribution in [-0.2, 0) is 4.79 Å². The molecule has 2 aliphatic heterocycles. The number of alkyl halides is 3. The molecule has 160 valence electrons. The molecular weight excluding hydrogens is 406 g/mol. The van der Waals surface area contributed by atoms with Gasteiger partial charge in [0.2, 0.25) is 5.91 Å². The lowest BCUT2D eigenvalue weighted by Crippen LogP contribution is -2.59. The van der Waals surface area contributed by atoms with Gasteiger partial charge in [0, 0.05) is 25.2 Å². The quantitative estimate of drug-likeness (QED) is 0.722. The van der Waals surface area contributed by atoms with Gasteiger partial charge in [-0.1, -0.05) is 12.1 Å². The van der Waals surface area contributed by atoms with Gasteiger partial charge in [-0.15, -0.1) is 0 Å². The number of nitriles is 1. The van der Waals surface area contributed by atoms with Gasteiger partial charge < -0.3 is 20.9 Å². The fourth-order valence-electron chi connectivity index (χ4n) is 3.84. The number of nitrogens with one attached hydrogen (secondary N) is 1. The lowest BCUT2D eigenvalue weighted by atomic mass is 9.87. The summed E-state index contributed by atoms with van der Waals surface area (Å²) in [7, 11) is 0. The fourth-order valence-corrected chi connectivity index (χ4v) is 3.84. The van der Waals surface area contributed by atoms with Gasteiger partial charge in [0.15, 0.2) is 0 Å². The van der Waals surface area contributed by atoms with E-state index in [-0.39, 0.29) is 30.9 Å². The van der Waals surface area contributed by atoms with Crippen LogP contribution in [0, 0.1) is 23.1 Å². The van der Waals surface area contributed by atoms with Gasteiger partial charge in [0.05, 0.1) is 12.0 Å². The molecule has 0 bridgehead atoms.